The van der Waals surface area contributed by atoms with E-state index < -0.39 is 0 Å². The smallest absolute Gasteiger partial charge is 0.146 e. The maximum absolute atomic E-state index is 13.6. The molecule has 0 radical (unpaired) electrons. The Morgan fingerprint density at radius 3 is 2.88 bits per heavy atom. The molecular weight excluding hydrogens is 217 g/mol. The van der Waals surface area contributed by atoms with Crippen LogP contribution in [0, 0.1) is 11.7 Å². The van der Waals surface area contributed by atoms with E-state index in [0.29, 0.717) is 17.5 Å². The molecule has 94 valence electrons. The van der Waals surface area contributed by atoms with Crippen molar-refractivity contribution in [1.82, 2.24) is 0 Å². The first-order valence-electron chi connectivity index (χ1n) is 6.29. The first-order chi connectivity index (χ1) is 8.19. The molecule has 0 bridgehead atoms. The monoisotopic (exact) mass is 237 g/mol. The van der Waals surface area contributed by atoms with Gasteiger partial charge in [0, 0.05) is 12.1 Å². The molecule has 0 saturated heterocycles. The predicted molar refractivity (Wildman–Crippen MR) is 68.0 cm³/mol. The van der Waals surface area contributed by atoms with Crippen molar-refractivity contribution in [2.75, 3.05) is 12.4 Å². The number of hydrogen-bond donors (Lipinski definition) is 1. The summed E-state index contributed by atoms with van der Waals surface area (Å²) in [6, 6.07) is 5.21. The van der Waals surface area contributed by atoms with Gasteiger partial charge in [0.15, 0.2) is 0 Å². The summed E-state index contributed by atoms with van der Waals surface area (Å²) < 4.78 is 18.8. The number of ether oxygens (including phenoxy) is 1. The normalized spacial score (nSPS) is 24.4. The van der Waals surface area contributed by atoms with Crippen LogP contribution in [0.25, 0.3) is 0 Å². The molecule has 17 heavy (non-hydrogen) atoms. The van der Waals surface area contributed by atoms with Gasteiger partial charge in [-0.05, 0) is 30.9 Å². The van der Waals surface area contributed by atoms with Gasteiger partial charge in [-0.15, -0.1) is 0 Å². The molecule has 3 heteroatoms. The van der Waals surface area contributed by atoms with E-state index in [0.717, 1.165) is 18.8 Å². The van der Waals surface area contributed by atoms with Crippen molar-refractivity contribution in [2.45, 2.75) is 38.6 Å². The zero-order valence-electron chi connectivity index (χ0n) is 10.5. The topological polar surface area (TPSA) is 21.3 Å². The van der Waals surface area contributed by atoms with Gasteiger partial charge in [0.1, 0.15) is 11.6 Å². The highest BCUT2D eigenvalue weighted by Gasteiger charge is 2.19. The summed E-state index contributed by atoms with van der Waals surface area (Å²) in [6.45, 7) is 2.26. The van der Waals surface area contributed by atoms with E-state index in [9.17, 15) is 4.39 Å². The van der Waals surface area contributed by atoms with Crippen molar-refractivity contribution in [3.63, 3.8) is 0 Å². The van der Waals surface area contributed by atoms with Crippen LogP contribution in [0.4, 0.5) is 10.1 Å². The lowest BCUT2D eigenvalue weighted by atomic mass is 9.87. The molecule has 2 unspecified atom stereocenters. The zero-order chi connectivity index (χ0) is 12.3. The molecule has 2 rings (SSSR count). The zero-order valence-corrected chi connectivity index (χ0v) is 10.5. The number of nitrogens with one attached hydrogen (secondary N) is 1. The first kappa shape index (κ1) is 12.2. The molecule has 2 nitrogen and oxygen atoms in total. The van der Waals surface area contributed by atoms with E-state index >= 15 is 0 Å². The van der Waals surface area contributed by atoms with Crippen LogP contribution in [0.3, 0.4) is 0 Å². The molecule has 0 spiro atoms. The molecule has 1 aromatic carbocycles. The fourth-order valence-electron chi connectivity index (χ4n) is 2.53. The Labute approximate surface area is 102 Å². The summed E-state index contributed by atoms with van der Waals surface area (Å²) in [5, 5.41) is 3.30. The standard InChI is InChI=1S/C14H20FNO/c1-10-4-3-5-11(8-10)16-14-9-12(17-2)6-7-13(14)15/h6-7,9-11,16H,3-5,8H2,1-2H3. The minimum atomic E-state index is -0.205. The van der Waals surface area contributed by atoms with Crippen LogP contribution < -0.4 is 10.1 Å². The van der Waals surface area contributed by atoms with E-state index in [1.165, 1.54) is 18.9 Å². The molecule has 2 atom stereocenters. The third kappa shape index (κ3) is 3.11. The van der Waals surface area contributed by atoms with Crippen molar-refractivity contribution in [3.05, 3.63) is 24.0 Å². The lowest BCUT2D eigenvalue weighted by molar-refractivity contribution is 0.357. The quantitative estimate of drug-likeness (QED) is 0.862. The van der Waals surface area contributed by atoms with Gasteiger partial charge in [0.05, 0.1) is 12.8 Å². The second kappa shape index (κ2) is 5.39. The van der Waals surface area contributed by atoms with Gasteiger partial charge in [-0.25, -0.2) is 4.39 Å². The van der Waals surface area contributed by atoms with Crippen LogP contribution in [0.15, 0.2) is 18.2 Å². The molecule has 1 N–H and O–H groups in total. The number of rotatable bonds is 3. The highest BCUT2D eigenvalue weighted by atomic mass is 19.1. The van der Waals surface area contributed by atoms with Crippen LogP contribution in [0.2, 0.25) is 0 Å². The molecule has 1 fully saturated rings. The van der Waals surface area contributed by atoms with Crippen LogP contribution in [-0.4, -0.2) is 13.2 Å². The van der Waals surface area contributed by atoms with E-state index in [1.807, 2.05) is 0 Å². The maximum Gasteiger partial charge on any atom is 0.146 e. The molecule has 0 heterocycles. The highest BCUT2D eigenvalue weighted by Crippen LogP contribution is 2.28. The highest BCUT2D eigenvalue weighted by molar-refractivity contribution is 5.50. The predicted octanol–water partition coefficient (Wildman–Crippen LogP) is 3.82. The maximum atomic E-state index is 13.6. The molecule has 1 aliphatic carbocycles. The molecule has 1 aromatic rings. The Kier molecular flexibility index (Phi) is 3.87. The average molecular weight is 237 g/mol. The molecule has 1 saturated carbocycles. The summed E-state index contributed by atoms with van der Waals surface area (Å²) in [5.41, 5.74) is 0.559. The Morgan fingerprint density at radius 1 is 1.35 bits per heavy atom. The summed E-state index contributed by atoms with van der Waals surface area (Å²) in [4.78, 5) is 0. The number of halogens is 1. The average Bonchev–Trinajstić information content (AvgIpc) is 2.32. The molecule has 0 amide bonds. The summed E-state index contributed by atoms with van der Waals surface area (Å²) in [7, 11) is 1.60. The van der Waals surface area contributed by atoms with Gasteiger partial charge in [-0.3, -0.25) is 0 Å². The minimum absolute atomic E-state index is 0.205. The van der Waals surface area contributed by atoms with Crippen molar-refractivity contribution < 1.29 is 9.13 Å². The Bertz CT molecular complexity index is 380. The van der Waals surface area contributed by atoms with Gasteiger partial charge in [-0.2, -0.15) is 0 Å². The number of hydrogen-bond acceptors (Lipinski definition) is 2. The van der Waals surface area contributed by atoms with Crippen molar-refractivity contribution >= 4 is 5.69 Å². The largest absolute Gasteiger partial charge is 0.497 e. The molecule has 1 aliphatic rings. The van der Waals surface area contributed by atoms with Crippen molar-refractivity contribution in [3.8, 4) is 5.75 Å². The Morgan fingerprint density at radius 2 is 2.18 bits per heavy atom. The van der Waals surface area contributed by atoms with Crippen LogP contribution in [0.5, 0.6) is 5.75 Å². The first-order valence-corrected chi connectivity index (χ1v) is 6.29. The van der Waals surface area contributed by atoms with Gasteiger partial charge >= 0.3 is 0 Å². The SMILES string of the molecule is COc1ccc(F)c(NC2CCCC(C)C2)c1. The summed E-state index contributed by atoms with van der Waals surface area (Å²) >= 11 is 0. The van der Waals surface area contributed by atoms with E-state index in [2.05, 4.69) is 12.2 Å². The summed E-state index contributed by atoms with van der Waals surface area (Å²) in [6.07, 6.45) is 4.76. The Balaban J connectivity index is 2.06. The third-order valence-corrected chi connectivity index (χ3v) is 3.47. The van der Waals surface area contributed by atoms with E-state index in [1.54, 1.807) is 19.2 Å². The fourth-order valence-corrected chi connectivity index (χ4v) is 2.53. The third-order valence-electron chi connectivity index (χ3n) is 3.47. The van der Waals surface area contributed by atoms with Gasteiger partial charge in [0.25, 0.3) is 0 Å². The molecule has 0 aromatic heterocycles. The number of anilines is 1. The lowest BCUT2D eigenvalue weighted by Crippen LogP contribution is -2.26. The van der Waals surface area contributed by atoms with Crippen molar-refractivity contribution in [2.24, 2.45) is 5.92 Å². The molecule has 0 aliphatic heterocycles. The van der Waals surface area contributed by atoms with E-state index in [4.69, 9.17) is 4.74 Å². The second-order valence-electron chi connectivity index (χ2n) is 4.96. The Hall–Kier alpha value is -1.25. The van der Waals surface area contributed by atoms with Crippen LogP contribution >= 0.6 is 0 Å². The lowest BCUT2D eigenvalue weighted by Gasteiger charge is -2.28. The minimum Gasteiger partial charge on any atom is -0.497 e. The van der Waals surface area contributed by atoms with Crippen molar-refractivity contribution in [1.29, 1.82) is 0 Å². The van der Waals surface area contributed by atoms with Crippen LogP contribution in [-0.2, 0) is 0 Å². The fraction of sp³-hybridized carbons (Fsp3) is 0.571. The van der Waals surface area contributed by atoms with Crippen LogP contribution in [0.1, 0.15) is 32.6 Å². The van der Waals surface area contributed by atoms with Gasteiger partial charge in [0.2, 0.25) is 0 Å². The van der Waals surface area contributed by atoms with Gasteiger partial charge in [-0.1, -0.05) is 19.8 Å². The van der Waals surface area contributed by atoms with E-state index in [-0.39, 0.29) is 5.82 Å². The summed E-state index contributed by atoms with van der Waals surface area (Å²) in [5.74, 6) is 1.22. The molecular formula is C14H20FNO. The van der Waals surface area contributed by atoms with Gasteiger partial charge < -0.3 is 10.1 Å². The second-order valence-corrected chi connectivity index (χ2v) is 4.96. The number of benzene rings is 1. The number of methoxy groups -OCH3 is 1.